The minimum atomic E-state index is -0.437. The first kappa shape index (κ1) is 14.3. The maximum absolute atomic E-state index is 12.6. The molecule has 120 valence electrons. The van der Waals surface area contributed by atoms with E-state index in [2.05, 4.69) is 11.1 Å². The molecule has 1 fully saturated rings. The molecule has 2 aromatic rings. The first-order valence-electron chi connectivity index (χ1n) is 7.76. The molecule has 1 aromatic heterocycles. The van der Waals surface area contributed by atoms with Crippen molar-refractivity contribution in [3.8, 4) is 0 Å². The second kappa shape index (κ2) is 5.09. The van der Waals surface area contributed by atoms with Gasteiger partial charge in [-0.05, 0) is 11.6 Å². The third-order valence-corrected chi connectivity index (χ3v) is 4.90. The zero-order valence-electron chi connectivity index (χ0n) is 13.2. The van der Waals surface area contributed by atoms with E-state index in [9.17, 15) is 9.59 Å². The lowest BCUT2D eigenvalue weighted by Crippen LogP contribution is -2.62. The number of aromatic amines is 1. The second-order valence-corrected chi connectivity index (χ2v) is 6.25. The van der Waals surface area contributed by atoms with Crippen LogP contribution in [-0.2, 0) is 20.7 Å². The smallest absolute Gasteiger partial charge is 0.245 e. The highest BCUT2D eigenvalue weighted by Crippen LogP contribution is 2.39. The standard InChI is InChI=1S/C17H19N3O3/c1-19-8-15(21)20-13(17(19)22)7-11-10-5-3-4-6-12(10)18-16(11)14(20)9-23-2/h3-6,13-14,18H,7-9H2,1-2H3/t13-,14-/m1/s1. The fraction of sp³-hybridized carbons (Fsp3) is 0.412. The van der Waals surface area contributed by atoms with Crippen LogP contribution < -0.4 is 0 Å². The number of amides is 2. The predicted octanol–water partition coefficient (Wildman–Crippen LogP) is 1.08. The van der Waals surface area contributed by atoms with Crippen LogP contribution in [0.1, 0.15) is 17.3 Å². The number of nitrogens with one attached hydrogen (secondary N) is 1. The van der Waals surface area contributed by atoms with Crippen molar-refractivity contribution in [2.45, 2.75) is 18.5 Å². The highest BCUT2D eigenvalue weighted by Gasteiger charge is 2.46. The van der Waals surface area contributed by atoms with Gasteiger partial charge in [0.25, 0.3) is 0 Å². The molecule has 0 unspecified atom stereocenters. The maximum atomic E-state index is 12.6. The molecule has 1 N–H and O–H groups in total. The summed E-state index contributed by atoms with van der Waals surface area (Å²) in [6, 6.07) is 7.37. The molecule has 6 nitrogen and oxygen atoms in total. The molecule has 2 aliphatic heterocycles. The van der Waals surface area contributed by atoms with Crippen LogP contribution in [0.5, 0.6) is 0 Å². The number of fused-ring (bicyclic) bond motifs is 4. The molecule has 0 bridgehead atoms. The van der Waals surface area contributed by atoms with Crippen LogP contribution in [0.4, 0.5) is 0 Å². The summed E-state index contributed by atoms with van der Waals surface area (Å²) in [6.07, 6.45) is 0.550. The summed E-state index contributed by atoms with van der Waals surface area (Å²) >= 11 is 0. The maximum Gasteiger partial charge on any atom is 0.245 e. The van der Waals surface area contributed by atoms with Crippen LogP contribution in [0.3, 0.4) is 0 Å². The van der Waals surface area contributed by atoms with Crippen molar-refractivity contribution in [1.82, 2.24) is 14.8 Å². The van der Waals surface area contributed by atoms with Gasteiger partial charge in [0.1, 0.15) is 6.04 Å². The van der Waals surface area contributed by atoms with E-state index < -0.39 is 6.04 Å². The van der Waals surface area contributed by atoms with Gasteiger partial charge in [0.2, 0.25) is 11.8 Å². The number of H-pyrrole nitrogens is 1. The van der Waals surface area contributed by atoms with Crippen LogP contribution in [0.2, 0.25) is 0 Å². The largest absolute Gasteiger partial charge is 0.382 e. The minimum Gasteiger partial charge on any atom is -0.382 e. The van der Waals surface area contributed by atoms with Gasteiger partial charge in [0, 0.05) is 37.2 Å². The van der Waals surface area contributed by atoms with E-state index in [0.717, 1.165) is 22.2 Å². The molecule has 2 atom stereocenters. The van der Waals surface area contributed by atoms with Crippen molar-refractivity contribution < 1.29 is 14.3 Å². The Labute approximate surface area is 134 Å². The number of piperazine rings is 1. The lowest BCUT2D eigenvalue weighted by molar-refractivity contribution is -0.159. The zero-order chi connectivity index (χ0) is 16.1. The SMILES string of the molecule is COC[C@@H]1c2[nH]c3ccccc3c2C[C@@H]2C(=O)N(C)CC(=O)N21. The first-order valence-corrected chi connectivity index (χ1v) is 7.76. The molecule has 1 aromatic carbocycles. The third kappa shape index (κ3) is 1.98. The van der Waals surface area contributed by atoms with E-state index in [0.29, 0.717) is 13.0 Å². The van der Waals surface area contributed by atoms with Gasteiger partial charge in [0.05, 0.1) is 19.2 Å². The van der Waals surface area contributed by atoms with Gasteiger partial charge in [-0.3, -0.25) is 9.59 Å². The number of para-hydroxylation sites is 1. The Bertz CT molecular complexity index is 797. The minimum absolute atomic E-state index is 0.00151. The Morgan fingerprint density at radius 1 is 1.30 bits per heavy atom. The van der Waals surface area contributed by atoms with E-state index in [-0.39, 0.29) is 24.4 Å². The molecule has 0 radical (unpaired) electrons. The molecule has 0 spiro atoms. The number of methoxy groups -OCH3 is 1. The van der Waals surface area contributed by atoms with Gasteiger partial charge in [-0.15, -0.1) is 0 Å². The second-order valence-electron chi connectivity index (χ2n) is 6.25. The van der Waals surface area contributed by atoms with Crippen molar-refractivity contribution in [2.24, 2.45) is 0 Å². The van der Waals surface area contributed by atoms with Gasteiger partial charge in [-0.2, -0.15) is 0 Å². The highest BCUT2D eigenvalue weighted by molar-refractivity contribution is 5.97. The highest BCUT2D eigenvalue weighted by atomic mass is 16.5. The summed E-state index contributed by atoms with van der Waals surface area (Å²) in [5.74, 6) is -0.0231. The van der Waals surface area contributed by atoms with Crippen LogP contribution in [0, 0.1) is 0 Å². The molecule has 2 amide bonds. The van der Waals surface area contributed by atoms with Crippen molar-refractivity contribution >= 4 is 22.7 Å². The Balaban J connectivity index is 1.90. The number of aromatic nitrogens is 1. The molecule has 0 aliphatic carbocycles. The average Bonchev–Trinajstić information content (AvgIpc) is 2.91. The quantitative estimate of drug-likeness (QED) is 0.902. The number of hydrogen-bond donors (Lipinski definition) is 1. The van der Waals surface area contributed by atoms with Gasteiger partial charge in [-0.1, -0.05) is 18.2 Å². The monoisotopic (exact) mass is 313 g/mol. The predicted molar refractivity (Wildman–Crippen MR) is 84.9 cm³/mol. The van der Waals surface area contributed by atoms with Gasteiger partial charge >= 0.3 is 0 Å². The van der Waals surface area contributed by atoms with E-state index in [1.54, 1.807) is 19.1 Å². The van der Waals surface area contributed by atoms with Gasteiger partial charge in [0.15, 0.2) is 0 Å². The van der Waals surface area contributed by atoms with Gasteiger partial charge in [-0.25, -0.2) is 0 Å². The van der Waals surface area contributed by atoms with E-state index in [1.165, 1.54) is 4.90 Å². The fourth-order valence-corrected chi connectivity index (χ4v) is 3.87. The number of ether oxygens (including phenoxy) is 1. The zero-order valence-corrected chi connectivity index (χ0v) is 13.2. The summed E-state index contributed by atoms with van der Waals surface area (Å²) in [4.78, 5) is 31.8. The number of nitrogens with zero attached hydrogens (tertiary/aromatic N) is 2. The Kier molecular flexibility index (Phi) is 3.16. The Hall–Kier alpha value is -2.34. The molecule has 0 saturated carbocycles. The van der Waals surface area contributed by atoms with Gasteiger partial charge < -0.3 is 19.5 Å². The Morgan fingerprint density at radius 2 is 2.09 bits per heavy atom. The van der Waals surface area contributed by atoms with Crippen molar-refractivity contribution in [3.63, 3.8) is 0 Å². The molecular formula is C17H19N3O3. The molecule has 6 heteroatoms. The molecule has 23 heavy (non-hydrogen) atoms. The van der Waals surface area contributed by atoms with Crippen LogP contribution in [0.15, 0.2) is 24.3 Å². The summed E-state index contributed by atoms with van der Waals surface area (Å²) in [7, 11) is 3.31. The lowest BCUT2D eigenvalue weighted by Gasteiger charge is -2.45. The number of carbonyl (C=O) groups excluding carboxylic acids is 2. The molecule has 2 aliphatic rings. The van der Waals surface area contributed by atoms with E-state index in [1.807, 2.05) is 18.2 Å². The number of carbonyl (C=O) groups is 2. The summed E-state index contributed by atoms with van der Waals surface area (Å²) in [5.41, 5.74) is 3.15. The topological polar surface area (TPSA) is 65.6 Å². The summed E-state index contributed by atoms with van der Waals surface area (Å²) in [5, 5.41) is 1.12. The summed E-state index contributed by atoms with van der Waals surface area (Å²) < 4.78 is 5.35. The van der Waals surface area contributed by atoms with Crippen LogP contribution in [-0.4, -0.2) is 59.9 Å². The van der Waals surface area contributed by atoms with Crippen LogP contribution in [0.25, 0.3) is 10.9 Å². The molecular weight excluding hydrogens is 294 g/mol. The molecule has 1 saturated heterocycles. The number of benzene rings is 1. The third-order valence-electron chi connectivity index (χ3n) is 4.90. The lowest BCUT2D eigenvalue weighted by atomic mass is 9.89. The normalized spacial score (nSPS) is 24.1. The van der Waals surface area contributed by atoms with Crippen molar-refractivity contribution in [2.75, 3.05) is 27.3 Å². The fourth-order valence-electron chi connectivity index (χ4n) is 3.87. The summed E-state index contributed by atoms with van der Waals surface area (Å²) in [6.45, 7) is 0.504. The number of rotatable bonds is 2. The molecule has 3 heterocycles. The van der Waals surface area contributed by atoms with Crippen LogP contribution >= 0.6 is 0 Å². The van der Waals surface area contributed by atoms with E-state index >= 15 is 0 Å². The van der Waals surface area contributed by atoms with E-state index in [4.69, 9.17) is 4.74 Å². The Morgan fingerprint density at radius 3 is 2.87 bits per heavy atom. The number of likely N-dealkylation sites (N-methyl/N-ethyl adjacent to an activating group) is 1. The van der Waals surface area contributed by atoms with Crippen molar-refractivity contribution in [1.29, 1.82) is 0 Å². The number of hydrogen-bond acceptors (Lipinski definition) is 3. The molecule has 4 rings (SSSR count). The van der Waals surface area contributed by atoms with Crippen molar-refractivity contribution in [3.05, 3.63) is 35.5 Å². The average molecular weight is 313 g/mol. The first-order chi connectivity index (χ1) is 11.1.